The minimum absolute atomic E-state index is 0.0665. The molecule has 0 atom stereocenters. The molecule has 0 aliphatic heterocycles. The number of nitrogens with zero attached hydrogens (tertiary/aromatic N) is 1. The summed E-state index contributed by atoms with van der Waals surface area (Å²) in [6.07, 6.45) is 5.22. The van der Waals surface area contributed by atoms with Crippen molar-refractivity contribution in [2.24, 2.45) is 5.92 Å². The van der Waals surface area contributed by atoms with E-state index in [1.807, 2.05) is 0 Å². The van der Waals surface area contributed by atoms with Gasteiger partial charge in [0.25, 0.3) is 0 Å². The molecule has 1 aliphatic carbocycles. The van der Waals surface area contributed by atoms with Crippen LogP contribution in [0.15, 0.2) is 6.20 Å². The third-order valence-electron chi connectivity index (χ3n) is 2.66. The first kappa shape index (κ1) is 12.1. The maximum Gasteiger partial charge on any atom is 0.229 e. The molecule has 0 saturated heterocycles. The fourth-order valence-electron chi connectivity index (χ4n) is 1.47. The topological polar surface area (TPSA) is 62.2 Å². The standard InChI is InChI=1S/C12H14N2O2S/c15-7-2-1-6-10-8-13-12(17-10)14-11(16)9-4-3-5-9/h8-9,15H,2-5,7H2,(H,13,14,16). The van der Waals surface area contributed by atoms with Gasteiger partial charge in [0.1, 0.15) is 0 Å². The van der Waals surface area contributed by atoms with Crippen LogP contribution >= 0.6 is 11.3 Å². The van der Waals surface area contributed by atoms with Gasteiger partial charge in [0.05, 0.1) is 17.7 Å². The van der Waals surface area contributed by atoms with E-state index in [9.17, 15) is 4.79 Å². The molecular weight excluding hydrogens is 236 g/mol. The van der Waals surface area contributed by atoms with Gasteiger partial charge in [-0.25, -0.2) is 4.98 Å². The predicted molar refractivity (Wildman–Crippen MR) is 66.7 cm³/mol. The summed E-state index contributed by atoms with van der Waals surface area (Å²) >= 11 is 1.37. The van der Waals surface area contributed by atoms with Gasteiger partial charge in [-0.05, 0) is 12.8 Å². The second-order valence-corrected chi connectivity index (χ2v) is 4.95. The molecule has 1 heterocycles. The molecule has 1 fully saturated rings. The van der Waals surface area contributed by atoms with Crippen LogP contribution in [0.1, 0.15) is 30.6 Å². The Labute approximate surface area is 104 Å². The van der Waals surface area contributed by atoms with Crippen molar-refractivity contribution in [2.75, 3.05) is 11.9 Å². The maximum absolute atomic E-state index is 11.7. The van der Waals surface area contributed by atoms with Crippen LogP contribution in [0, 0.1) is 17.8 Å². The van der Waals surface area contributed by atoms with Crippen LogP contribution in [0.4, 0.5) is 5.13 Å². The average molecular weight is 250 g/mol. The van der Waals surface area contributed by atoms with E-state index in [1.165, 1.54) is 11.3 Å². The first-order valence-electron chi connectivity index (χ1n) is 5.66. The molecule has 2 N–H and O–H groups in total. The molecule has 1 aromatic rings. The maximum atomic E-state index is 11.7. The average Bonchev–Trinajstić information content (AvgIpc) is 2.63. The molecule has 0 radical (unpaired) electrons. The number of aliphatic hydroxyl groups excluding tert-OH is 1. The molecule has 0 aromatic carbocycles. The van der Waals surface area contributed by atoms with Crippen LogP contribution < -0.4 is 5.32 Å². The zero-order chi connectivity index (χ0) is 12.1. The Kier molecular flexibility index (Phi) is 4.13. The second-order valence-electron chi connectivity index (χ2n) is 3.92. The van der Waals surface area contributed by atoms with Gasteiger partial charge in [0.2, 0.25) is 5.91 Å². The number of hydrogen-bond acceptors (Lipinski definition) is 4. The number of nitrogens with one attached hydrogen (secondary N) is 1. The number of carbonyl (C=O) groups excluding carboxylic acids is 1. The van der Waals surface area contributed by atoms with Crippen LogP contribution in [-0.2, 0) is 4.79 Å². The fraction of sp³-hybridized carbons (Fsp3) is 0.500. The lowest BCUT2D eigenvalue weighted by atomic mass is 9.85. The Bertz CT molecular complexity index is 455. The second kappa shape index (κ2) is 5.80. The largest absolute Gasteiger partial charge is 0.395 e. The normalized spacial score (nSPS) is 14.6. The molecule has 17 heavy (non-hydrogen) atoms. The van der Waals surface area contributed by atoms with Crippen LogP contribution in [0.25, 0.3) is 0 Å². The molecule has 2 rings (SSSR count). The lowest BCUT2D eigenvalue weighted by Crippen LogP contribution is -2.27. The van der Waals surface area contributed by atoms with E-state index in [-0.39, 0.29) is 18.4 Å². The molecule has 90 valence electrons. The number of rotatable bonds is 3. The van der Waals surface area contributed by atoms with E-state index in [0.717, 1.165) is 24.1 Å². The number of amides is 1. The zero-order valence-corrected chi connectivity index (χ0v) is 10.2. The Morgan fingerprint density at radius 1 is 1.65 bits per heavy atom. The van der Waals surface area contributed by atoms with Crippen molar-refractivity contribution in [1.82, 2.24) is 4.98 Å². The van der Waals surface area contributed by atoms with Gasteiger partial charge >= 0.3 is 0 Å². The molecule has 4 nitrogen and oxygen atoms in total. The van der Waals surface area contributed by atoms with Gasteiger partial charge in [-0.1, -0.05) is 29.6 Å². The molecule has 1 saturated carbocycles. The van der Waals surface area contributed by atoms with Crippen molar-refractivity contribution >= 4 is 22.4 Å². The summed E-state index contributed by atoms with van der Waals surface area (Å²) in [5.41, 5.74) is 0. The van der Waals surface area contributed by atoms with E-state index in [1.54, 1.807) is 6.20 Å². The SMILES string of the molecule is O=C(Nc1ncc(C#CCCO)s1)C1CCC1. The van der Waals surface area contributed by atoms with E-state index in [0.29, 0.717) is 11.6 Å². The van der Waals surface area contributed by atoms with Crippen LogP contribution in [0.3, 0.4) is 0 Å². The number of hydrogen-bond donors (Lipinski definition) is 2. The first-order chi connectivity index (χ1) is 8.29. The lowest BCUT2D eigenvalue weighted by Gasteiger charge is -2.23. The summed E-state index contributed by atoms with van der Waals surface area (Å²) in [6, 6.07) is 0. The molecule has 1 aromatic heterocycles. The van der Waals surface area contributed by atoms with Gasteiger partial charge < -0.3 is 10.4 Å². The van der Waals surface area contributed by atoms with E-state index < -0.39 is 0 Å². The Balaban J connectivity index is 1.89. The van der Waals surface area contributed by atoms with Crippen LogP contribution in [0.5, 0.6) is 0 Å². The van der Waals surface area contributed by atoms with Gasteiger partial charge in [0, 0.05) is 12.3 Å². The highest BCUT2D eigenvalue weighted by Gasteiger charge is 2.25. The quantitative estimate of drug-likeness (QED) is 0.801. The smallest absolute Gasteiger partial charge is 0.229 e. The van der Waals surface area contributed by atoms with Crippen molar-refractivity contribution in [2.45, 2.75) is 25.7 Å². The number of aromatic nitrogens is 1. The van der Waals surface area contributed by atoms with E-state index >= 15 is 0 Å². The number of anilines is 1. The summed E-state index contributed by atoms with van der Waals surface area (Å²) in [4.78, 5) is 16.6. The summed E-state index contributed by atoms with van der Waals surface area (Å²) in [5.74, 6) is 5.95. The van der Waals surface area contributed by atoms with Crippen molar-refractivity contribution in [3.05, 3.63) is 11.1 Å². The Hall–Kier alpha value is -1.38. The van der Waals surface area contributed by atoms with Crippen LogP contribution in [-0.4, -0.2) is 22.6 Å². The minimum Gasteiger partial charge on any atom is -0.395 e. The number of thiazole rings is 1. The fourth-order valence-corrected chi connectivity index (χ4v) is 2.17. The van der Waals surface area contributed by atoms with Crippen molar-refractivity contribution in [3.8, 4) is 11.8 Å². The number of carbonyl (C=O) groups is 1. The van der Waals surface area contributed by atoms with E-state index in [2.05, 4.69) is 22.1 Å². The predicted octanol–water partition coefficient (Wildman–Crippen LogP) is 1.62. The van der Waals surface area contributed by atoms with Crippen molar-refractivity contribution in [1.29, 1.82) is 0 Å². The molecule has 1 aliphatic rings. The van der Waals surface area contributed by atoms with Crippen molar-refractivity contribution < 1.29 is 9.90 Å². The molecule has 1 amide bonds. The molecule has 0 bridgehead atoms. The van der Waals surface area contributed by atoms with Gasteiger partial charge in [0.15, 0.2) is 5.13 Å². The third kappa shape index (κ3) is 3.29. The summed E-state index contributed by atoms with van der Waals surface area (Å²) in [5, 5.41) is 12.0. The lowest BCUT2D eigenvalue weighted by molar-refractivity contribution is -0.122. The molecule has 5 heteroatoms. The number of aliphatic hydroxyl groups is 1. The Morgan fingerprint density at radius 2 is 2.47 bits per heavy atom. The molecule has 0 spiro atoms. The zero-order valence-electron chi connectivity index (χ0n) is 9.40. The van der Waals surface area contributed by atoms with Gasteiger partial charge in [-0.15, -0.1) is 0 Å². The third-order valence-corrected chi connectivity index (χ3v) is 3.49. The highest BCUT2D eigenvalue weighted by molar-refractivity contribution is 7.16. The van der Waals surface area contributed by atoms with Crippen molar-refractivity contribution in [3.63, 3.8) is 0 Å². The first-order valence-corrected chi connectivity index (χ1v) is 6.47. The van der Waals surface area contributed by atoms with Gasteiger partial charge in [-0.2, -0.15) is 0 Å². The van der Waals surface area contributed by atoms with Crippen LogP contribution in [0.2, 0.25) is 0 Å². The Morgan fingerprint density at radius 3 is 3.12 bits per heavy atom. The monoisotopic (exact) mass is 250 g/mol. The molecular formula is C12H14N2O2S. The molecule has 0 unspecified atom stereocenters. The summed E-state index contributed by atoms with van der Waals surface area (Å²) < 4.78 is 0. The minimum atomic E-state index is 0.0665. The highest BCUT2D eigenvalue weighted by Crippen LogP contribution is 2.28. The summed E-state index contributed by atoms with van der Waals surface area (Å²) in [6.45, 7) is 0.0665. The van der Waals surface area contributed by atoms with E-state index in [4.69, 9.17) is 5.11 Å². The van der Waals surface area contributed by atoms with Gasteiger partial charge in [-0.3, -0.25) is 4.79 Å². The summed E-state index contributed by atoms with van der Waals surface area (Å²) in [7, 11) is 0. The highest BCUT2D eigenvalue weighted by atomic mass is 32.1.